The number of nitrogens with zero attached hydrogens (tertiary/aromatic N) is 2. The lowest BCUT2D eigenvalue weighted by Crippen LogP contribution is -2.49. The average Bonchev–Trinajstić information content (AvgIpc) is 2.64. The second-order valence-electron chi connectivity index (χ2n) is 4.87. The van der Waals surface area contributed by atoms with Crippen LogP contribution in [0, 0.1) is 0 Å². The maximum atomic E-state index is 11.5. The first kappa shape index (κ1) is 11.8. The molecule has 0 saturated carbocycles. The second kappa shape index (κ2) is 5.12. The molecule has 5 nitrogen and oxygen atoms in total. The number of hydrogen-bond acceptors (Lipinski definition) is 4. The lowest BCUT2D eigenvalue weighted by atomic mass is 10.2. The maximum Gasteiger partial charge on any atom is 0.250 e. The van der Waals surface area contributed by atoms with Gasteiger partial charge in [-0.3, -0.25) is 20.0 Å². The first-order valence-electron chi connectivity index (χ1n) is 6.21. The van der Waals surface area contributed by atoms with E-state index in [0.717, 1.165) is 19.5 Å². The predicted molar refractivity (Wildman–Crippen MR) is 62.6 cm³/mol. The fraction of sp³-hybridized carbons (Fsp3) is 0.909. The van der Waals surface area contributed by atoms with Crippen molar-refractivity contribution in [2.24, 2.45) is 5.84 Å². The Balaban J connectivity index is 1.97. The van der Waals surface area contributed by atoms with E-state index in [1.165, 1.54) is 25.9 Å². The number of nitrogens with two attached hydrogens (primary N) is 1. The van der Waals surface area contributed by atoms with Gasteiger partial charge in [-0.05, 0) is 39.3 Å². The molecule has 2 unspecified atom stereocenters. The maximum absolute atomic E-state index is 11.5. The van der Waals surface area contributed by atoms with Gasteiger partial charge in [0, 0.05) is 19.1 Å². The van der Waals surface area contributed by atoms with E-state index in [-0.39, 0.29) is 11.9 Å². The van der Waals surface area contributed by atoms with Crippen molar-refractivity contribution < 1.29 is 4.79 Å². The summed E-state index contributed by atoms with van der Waals surface area (Å²) in [5, 5.41) is 0. The molecule has 0 spiro atoms. The molecule has 0 aromatic carbocycles. The molecule has 0 aromatic rings. The van der Waals surface area contributed by atoms with Crippen molar-refractivity contribution in [3.63, 3.8) is 0 Å². The molecule has 0 radical (unpaired) electrons. The highest BCUT2D eigenvalue weighted by atomic mass is 16.2. The van der Waals surface area contributed by atoms with Crippen molar-refractivity contribution in [3.05, 3.63) is 0 Å². The molecule has 2 rings (SSSR count). The highest BCUT2D eigenvalue weighted by Gasteiger charge is 2.31. The minimum atomic E-state index is -0.106. The van der Waals surface area contributed by atoms with Gasteiger partial charge in [-0.2, -0.15) is 0 Å². The SMILES string of the molecule is CC(C(=O)NN)N1CCCN2CCCC2C1. The van der Waals surface area contributed by atoms with Gasteiger partial charge in [0.2, 0.25) is 0 Å². The molecule has 2 fully saturated rings. The Kier molecular flexibility index (Phi) is 3.78. The normalized spacial score (nSPS) is 29.5. The van der Waals surface area contributed by atoms with E-state index in [9.17, 15) is 4.79 Å². The zero-order valence-corrected chi connectivity index (χ0v) is 9.98. The summed E-state index contributed by atoms with van der Waals surface area (Å²) in [5.41, 5.74) is 2.25. The molecular formula is C11H22N4O. The van der Waals surface area contributed by atoms with Gasteiger partial charge in [-0.25, -0.2) is 5.84 Å². The van der Waals surface area contributed by atoms with Gasteiger partial charge in [-0.1, -0.05) is 0 Å². The van der Waals surface area contributed by atoms with Crippen molar-refractivity contribution in [1.82, 2.24) is 15.2 Å². The van der Waals surface area contributed by atoms with Crippen LogP contribution in [0.4, 0.5) is 0 Å². The molecule has 2 aliphatic heterocycles. The van der Waals surface area contributed by atoms with Crippen LogP contribution in [0.3, 0.4) is 0 Å². The Bertz CT molecular complexity index is 258. The molecule has 2 atom stereocenters. The smallest absolute Gasteiger partial charge is 0.250 e. The van der Waals surface area contributed by atoms with Gasteiger partial charge in [-0.15, -0.1) is 0 Å². The van der Waals surface area contributed by atoms with Gasteiger partial charge >= 0.3 is 0 Å². The largest absolute Gasteiger partial charge is 0.299 e. The number of nitrogens with one attached hydrogen (secondary N) is 1. The Morgan fingerprint density at radius 3 is 2.88 bits per heavy atom. The lowest BCUT2D eigenvalue weighted by Gasteiger charge is -2.29. The van der Waals surface area contributed by atoms with Crippen LogP contribution in [-0.4, -0.2) is 54.0 Å². The summed E-state index contributed by atoms with van der Waals surface area (Å²) in [6.45, 7) is 6.36. The molecule has 0 bridgehead atoms. The van der Waals surface area contributed by atoms with E-state index in [2.05, 4.69) is 15.2 Å². The van der Waals surface area contributed by atoms with Crippen LogP contribution in [0.1, 0.15) is 26.2 Å². The Morgan fingerprint density at radius 2 is 2.12 bits per heavy atom. The Hall–Kier alpha value is -0.650. The molecule has 2 heterocycles. The van der Waals surface area contributed by atoms with Crippen LogP contribution in [0.15, 0.2) is 0 Å². The second-order valence-corrected chi connectivity index (χ2v) is 4.87. The molecule has 1 amide bonds. The minimum absolute atomic E-state index is 0.0774. The summed E-state index contributed by atoms with van der Waals surface area (Å²) >= 11 is 0. The van der Waals surface area contributed by atoms with Gasteiger partial charge in [0.15, 0.2) is 0 Å². The van der Waals surface area contributed by atoms with Crippen LogP contribution >= 0.6 is 0 Å². The first-order chi connectivity index (χ1) is 7.72. The Labute approximate surface area is 96.9 Å². The molecular weight excluding hydrogens is 204 g/mol. The average molecular weight is 226 g/mol. The van der Waals surface area contributed by atoms with Crippen molar-refractivity contribution in [1.29, 1.82) is 0 Å². The fourth-order valence-electron chi connectivity index (χ4n) is 2.87. The van der Waals surface area contributed by atoms with Gasteiger partial charge < -0.3 is 0 Å². The molecule has 5 heteroatoms. The summed E-state index contributed by atoms with van der Waals surface area (Å²) < 4.78 is 0. The number of carbonyl (C=O) groups is 1. The molecule has 3 N–H and O–H groups in total. The zero-order valence-electron chi connectivity index (χ0n) is 9.98. The van der Waals surface area contributed by atoms with Crippen molar-refractivity contribution in [2.45, 2.75) is 38.3 Å². The zero-order chi connectivity index (χ0) is 11.5. The summed E-state index contributed by atoms with van der Waals surface area (Å²) in [7, 11) is 0. The molecule has 2 saturated heterocycles. The van der Waals surface area contributed by atoms with Crippen LogP contribution in [0.2, 0.25) is 0 Å². The number of hydrazine groups is 1. The lowest BCUT2D eigenvalue weighted by molar-refractivity contribution is -0.126. The highest BCUT2D eigenvalue weighted by molar-refractivity contribution is 5.80. The third-order valence-electron chi connectivity index (χ3n) is 3.90. The summed E-state index contributed by atoms with van der Waals surface area (Å²) in [6.07, 6.45) is 3.72. The number of fused-ring (bicyclic) bond motifs is 1. The molecule has 16 heavy (non-hydrogen) atoms. The fourth-order valence-corrected chi connectivity index (χ4v) is 2.87. The number of rotatable bonds is 2. The van der Waals surface area contributed by atoms with Gasteiger partial charge in [0.25, 0.3) is 5.91 Å². The standard InChI is InChI=1S/C11H22N4O/c1-9(11(16)13-12)15-7-3-6-14-5-2-4-10(14)8-15/h9-10H,2-8,12H2,1H3,(H,13,16). The number of carbonyl (C=O) groups excluding carboxylic acids is 1. The molecule has 2 aliphatic rings. The number of amides is 1. The van der Waals surface area contributed by atoms with Crippen LogP contribution in [-0.2, 0) is 4.79 Å². The van der Waals surface area contributed by atoms with E-state index in [1.807, 2.05) is 6.92 Å². The molecule has 0 aromatic heterocycles. The minimum Gasteiger partial charge on any atom is -0.299 e. The topological polar surface area (TPSA) is 61.6 Å². The van der Waals surface area contributed by atoms with Gasteiger partial charge in [0.05, 0.1) is 6.04 Å². The third-order valence-corrected chi connectivity index (χ3v) is 3.90. The predicted octanol–water partition coefficient (Wildman–Crippen LogP) is -0.465. The monoisotopic (exact) mass is 226 g/mol. The van der Waals surface area contributed by atoms with Crippen molar-refractivity contribution in [2.75, 3.05) is 26.2 Å². The van der Waals surface area contributed by atoms with E-state index in [1.54, 1.807) is 0 Å². The Morgan fingerprint density at radius 1 is 1.38 bits per heavy atom. The molecule has 0 aliphatic carbocycles. The number of hydrogen-bond donors (Lipinski definition) is 2. The van der Waals surface area contributed by atoms with Gasteiger partial charge in [0.1, 0.15) is 0 Å². The van der Waals surface area contributed by atoms with Crippen molar-refractivity contribution >= 4 is 5.91 Å². The van der Waals surface area contributed by atoms with Crippen molar-refractivity contribution in [3.8, 4) is 0 Å². The van der Waals surface area contributed by atoms with Crippen LogP contribution < -0.4 is 11.3 Å². The third kappa shape index (κ3) is 2.36. The first-order valence-corrected chi connectivity index (χ1v) is 6.21. The summed E-state index contributed by atoms with van der Waals surface area (Å²) in [6, 6.07) is 0.543. The van der Waals surface area contributed by atoms with E-state index >= 15 is 0 Å². The van der Waals surface area contributed by atoms with E-state index in [4.69, 9.17) is 5.84 Å². The van der Waals surface area contributed by atoms with E-state index < -0.39 is 0 Å². The quantitative estimate of drug-likeness (QED) is 0.380. The van der Waals surface area contributed by atoms with E-state index in [0.29, 0.717) is 6.04 Å². The summed E-state index contributed by atoms with van der Waals surface area (Å²) in [4.78, 5) is 16.3. The van der Waals surface area contributed by atoms with Crippen LogP contribution in [0.25, 0.3) is 0 Å². The highest BCUT2D eigenvalue weighted by Crippen LogP contribution is 2.22. The summed E-state index contributed by atoms with van der Waals surface area (Å²) in [5.74, 6) is 5.11. The molecule has 92 valence electrons. The van der Waals surface area contributed by atoms with Crippen LogP contribution in [0.5, 0.6) is 0 Å².